The molecule has 1 saturated carbocycles. The van der Waals surface area contributed by atoms with Crippen LogP contribution < -0.4 is 10.2 Å². The number of hydrogen-bond donors (Lipinski definition) is 1. The van der Waals surface area contributed by atoms with E-state index < -0.39 is 22.4 Å². The second kappa shape index (κ2) is 12.1. The van der Waals surface area contributed by atoms with Gasteiger partial charge in [0.15, 0.2) is 0 Å². The highest BCUT2D eigenvalue weighted by atomic mass is 19.4. The molecule has 7 nitrogen and oxygen atoms in total. The van der Waals surface area contributed by atoms with Crippen molar-refractivity contribution >= 4 is 17.1 Å². The zero-order chi connectivity index (χ0) is 28.2. The quantitative estimate of drug-likeness (QED) is 0.301. The molecule has 0 amide bonds. The molecule has 2 aliphatic rings. The number of nitrogens with zero attached hydrogens (tertiary/aromatic N) is 3. The number of ether oxygens (including phenoxy) is 1. The second-order valence-corrected chi connectivity index (χ2v) is 11.6. The summed E-state index contributed by atoms with van der Waals surface area (Å²) in [5, 5.41) is 14.1. The van der Waals surface area contributed by atoms with Crippen LogP contribution in [0.5, 0.6) is 0 Å². The summed E-state index contributed by atoms with van der Waals surface area (Å²) < 4.78 is 45.9. The monoisotopic (exact) mass is 548 g/mol. The number of halogens is 3. The van der Waals surface area contributed by atoms with E-state index in [1.54, 1.807) is 0 Å². The van der Waals surface area contributed by atoms with Crippen LogP contribution in [-0.4, -0.2) is 61.3 Å². The molecule has 1 aliphatic carbocycles. The lowest BCUT2D eigenvalue weighted by molar-refractivity contribution is -0.388. The molecule has 0 spiro atoms. The van der Waals surface area contributed by atoms with Gasteiger partial charge in [0.1, 0.15) is 5.56 Å². The Morgan fingerprint density at radius 1 is 0.974 bits per heavy atom. The van der Waals surface area contributed by atoms with E-state index in [1.807, 2.05) is 0 Å². The lowest BCUT2D eigenvalue weighted by atomic mass is 9.87. The molecule has 1 N–H and O–H groups in total. The molecule has 1 saturated heterocycles. The summed E-state index contributed by atoms with van der Waals surface area (Å²) in [4.78, 5) is 14.8. The van der Waals surface area contributed by atoms with Gasteiger partial charge in [-0.3, -0.25) is 15.0 Å². The van der Waals surface area contributed by atoms with Crippen molar-refractivity contribution in [3.8, 4) is 0 Å². The van der Waals surface area contributed by atoms with Crippen LogP contribution in [0.1, 0.15) is 57.6 Å². The molecule has 4 rings (SSSR count). The molecular formula is C29H39F3N4O3. The fraction of sp³-hybridized carbons (Fsp3) is 0.586. The van der Waals surface area contributed by atoms with Crippen molar-refractivity contribution in [2.24, 2.45) is 0 Å². The van der Waals surface area contributed by atoms with E-state index in [9.17, 15) is 23.3 Å². The third-order valence-electron chi connectivity index (χ3n) is 7.78. The van der Waals surface area contributed by atoms with E-state index in [0.29, 0.717) is 6.61 Å². The van der Waals surface area contributed by atoms with Gasteiger partial charge in [-0.15, -0.1) is 0 Å². The van der Waals surface area contributed by atoms with Crippen LogP contribution in [0.15, 0.2) is 42.5 Å². The Hall–Kier alpha value is -2.85. The molecule has 1 aliphatic heterocycles. The summed E-state index contributed by atoms with van der Waals surface area (Å²) in [6, 6.07) is 12.0. The molecule has 0 atom stereocenters. The number of anilines is 2. The van der Waals surface area contributed by atoms with E-state index >= 15 is 0 Å². The van der Waals surface area contributed by atoms with Gasteiger partial charge in [0.05, 0.1) is 17.6 Å². The molecule has 0 aromatic heterocycles. The van der Waals surface area contributed by atoms with Crippen molar-refractivity contribution in [2.75, 3.05) is 49.5 Å². The number of nitro benzene ring substituents is 1. The van der Waals surface area contributed by atoms with Crippen molar-refractivity contribution in [1.29, 1.82) is 0 Å². The maximum Gasteiger partial charge on any atom is 0.423 e. The smallest absolute Gasteiger partial charge is 0.382 e. The van der Waals surface area contributed by atoms with E-state index in [0.717, 1.165) is 70.5 Å². The number of hydrogen-bond acceptors (Lipinski definition) is 6. The summed E-state index contributed by atoms with van der Waals surface area (Å²) in [6.07, 6.45) is -1.43. The Kier molecular flexibility index (Phi) is 9.06. The molecule has 10 heteroatoms. The minimum Gasteiger partial charge on any atom is -0.382 e. The number of alkyl halides is 3. The standard InChI is InChI=1S/C29H39F3N4O3/c1-28(2,3)21-4-9-24(10-5-21)35-16-14-34(15-17-35)18-19-39-25-11-6-22(7-12-25)33-23-8-13-27(36(37)38)26(20-23)29(30,31)32/h4-5,8-10,13,20,22,25,33H,6-7,11-12,14-19H2,1-3H3. The van der Waals surface area contributed by atoms with Crippen molar-refractivity contribution in [3.63, 3.8) is 0 Å². The number of rotatable bonds is 8. The molecule has 2 fully saturated rings. The predicted molar refractivity (Wildman–Crippen MR) is 148 cm³/mol. The zero-order valence-electron chi connectivity index (χ0n) is 23.0. The van der Waals surface area contributed by atoms with Crippen molar-refractivity contribution in [3.05, 3.63) is 63.7 Å². The Morgan fingerprint density at radius 3 is 2.18 bits per heavy atom. The molecule has 2 aromatic rings. The lowest BCUT2D eigenvalue weighted by Gasteiger charge is -2.36. The predicted octanol–water partition coefficient (Wildman–Crippen LogP) is 6.47. The highest BCUT2D eigenvalue weighted by molar-refractivity contribution is 5.55. The molecular weight excluding hydrogens is 509 g/mol. The number of benzene rings is 2. The van der Waals surface area contributed by atoms with E-state index in [4.69, 9.17) is 4.74 Å². The zero-order valence-corrected chi connectivity index (χ0v) is 23.0. The molecule has 0 bridgehead atoms. The maximum atomic E-state index is 13.3. The topological polar surface area (TPSA) is 70.9 Å². The van der Waals surface area contributed by atoms with E-state index in [2.05, 4.69) is 60.2 Å². The summed E-state index contributed by atoms with van der Waals surface area (Å²) >= 11 is 0. The fourth-order valence-electron chi connectivity index (χ4n) is 5.37. The summed E-state index contributed by atoms with van der Waals surface area (Å²) in [5.74, 6) is 0. The van der Waals surface area contributed by atoms with Crippen molar-refractivity contribution in [1.82, 2.24) is 4.90 Å². The van der Waals surface area contributed by atoms with Gasteiger partial charge >= 0.3 is 6.18 Å². The summed E-state index contributed by atoms with van der Waals surface area (Å²) in [6.45, 7) is 12.2. The van der Waals surface area contributed by atoms with Crippen LogP contribution >= 0.6 is 0 Å². The third-order valence-corrected chi connectivity index (χ3v) is 7.78. The van der Waals surface area contributed by atoms with Crippen LogP contribution in [0.2, 0.25) is 0 Å². The molecule has 0 unspecified atom stereocenters. The Bertz CT molecular complexity index is 1100. The first kappa shape index (κ1) is 29.1. The van der Waals surface area contributed by atoms with Gasteiger partial charge in [-0.2, -0.15) is 13.2 Å². The van der Waals surface area contributed by atoms with Gasteiger partial charge in [0, 0.05) is 56.2 Å². The molecule has 0 radical (unpaired) electrons. The summed E-state index contributed by atoms with van der Waals surface area (Å²) in [5.41, 5.74) is 0.860. The molecule has 214 valence electrons. The fourth-order valence-corrected chi connectivity index (χ4v) is 5.37. The van der Waals surface area contributed by atoms with Crippen LogP contribution in [0.25, 0.3) is 0 Å². The van der Waals surface area contributed by atoms with Gasteiger partial charge in [-0.1, -0.05) is 32.9 Å². The van der Waals surface area contributed by atoms with Gasteiger partial charge in [0.25, 0.3) is 5.69 Å². The first-order valence-corrected chi connectivity index (χ1v) is 13.7. The van der Waals surface area contributed by atoms with Gasteiger partial charge < -0.3 is 15.0 Å². The minimum atomic E-state index is -4.78. The summed E-state index contributed by atoms with van der Waals surface area (Å²) in [7, 11) is 0. The minimum absolute atomic E-state index is 0.0120. The first-order chi connectivity index (χ1) is 18.4. The average molecular weight is 549 g/mol. The largest absolute Gasteiger partial charge is 0.423 e. The first-order valence-electron chi connectivity index (χ1n) is 13.7. The normalized spacial score (nSPS) is 21.1. The van der Waals surface area contributed by atoms with Crippen molar-refractivity contribution in [2.45, 2.75) is 70.2 Å². The van der Waals surface area contributed by atoms with Crippen LogP contribution in [-0.2, 0) is 16.3 Å². The van der Waals surface area contributed by atoms with Crippen LogP contribution in [0.3, 0.4) is 0 Å². The van der Waals surface area contributed by atoms with Gasteiger partial charge in [-0.05, 0) is 60.9 Å². The van der Waals surface area contributed by atoms with Gasteiger partial charge in [-0.25, -0.2) is 0 Å². The average Bonchev–Trinajstić information content (AvgIpc) is 2.89. The Labute approximate surface area is 228 Å². The highest BCUT2D eigenvalue weighted by Crippen LogP contribution is 2.38. The highest BCUT2D eigenvalue weighted by Gasteiger charge is 2.38. The SMILES string of the molecule is CC(C)(C)c1ccc(N2CCN(CCOC3CCC(Nc4ccc([N+](=O)[O-])c(C(F)(F)F)c4)CC3)CC2)cc1. The molecule has 1 heterocycles. The Morgan fingerprint density at radius 2 is 1.62 bits per heavy atom. The number of nitrogens with one attached hydrogen (secondary N) is 1. The van der Waals surface area contributed by atoms with E-state index in [1.165, 1.54) is 17.3 Å². The lowest BCUT2D eigenvalue weighted by Crippen LogP contribution is -2.47. The Balaban J connectivity index is 1.16. The van der Waals surface area contributed by atoms with E-state index in [-0.39, 0.29) is 23.2 Å². The maximum absolute atomic E-state index is 13.3. The second-order valence-electron chi connectivity index (χ2n) is 11.6. The number of nitro groups is 1. The molecule has 2 aromatic carbocycles. The third kappa shape index (κ3) is 7.85. The number of piperazine rings is 1. The van der Waals surface area contributed by atoms with Crippen LogP contribution in [0.4, 0.5) is 30.2 Å². The van der Waals surface area contributed by atoms with Crippen molar-refractivity contribution < 1.29 is 22.8 Å². The van der Waals surface area contributed by atoms with Gasteiger partial charge in [0.2, 0.25) is 0 Å². The van der Waals surface area contributed by atoms with Crippen LogP contribution in [0, 0.1) is 10.1 Å². The molecule has 39 heavy (non-hydrogen) atoms.